The van der Waals surface area contributed by atoms with Crippen LogP contribution in [-0.2, 0) is 17.8 Å². The molecule has 0 amide bonds. The molecule has 0 atom stereocenters. The third kappa shape index (κ3) is 2.75. The van der Waals surface area contributed by atoms with Gasteiger partial charge in [0.1, 0.15) is 5.78 Å². The molecule has 2 heterocycles. The van der Waals surface area contributed by atoms with Gasteiger partial charge in [0.15, 0.2) is 23.0 Å². The van der Waals surface area contributed by atoms with Crippen molar-refractivity contribution in [2.75, 3.05) is 33.0 Å². The summed E-state index contributed by atoms with van der Waals surface area (Å²) in [4.78, 5) is 14.3. The van der Waals surface area contributed by atoms with E-state index in [1.807, 2.05) is 24.3 Å². The van der Waals surface area contributed by atoms with E-state index in [4.69, 9.17) is 18.9 Å². The molecule has 2 aliphatic rings. The summed E-state index contributed by atoms with van der Waals surface area (Å²) in [5, 5.41) is 2.07. The molecule has 0 unspecified atom stereocenters. The van der Waals surface area contributed by atoms with Crippen LogP contribution in [0.2, 0.25) is 0 Å². The minimum absolute atomic E-state index is 0.116. The van der Waals surface area contributed by atoms with Crippen molar-refractivity contribution in [3.05, 3.63) is 41.5 Å². The summed E-state index contributed by atoms with van der Waals surface area (Å²) < 4.78 is 22.3. The minimum atomic E-state index is 0.116. The molecule has 6 nitrogen and oxygen atoms in total. The number of nitrogens with zero attached hydrogens (tertiary/aromatic N) is 1. The molecule has 6 heteroatoms. The number of ketones is 1. The average molecular weight is 405 g/mol. The second-order valence-corrected chi connectivity index (χ2v) is 7.78. The molecular weight excluding hydrogens is 382 g/mol. The van der Waals surface area contributed by atoms with Crippen molar-refractivity contribution in [1.82, 2.24) is 0 Å². The highest BCUT2D eigenvalue weighted by atomic mass is 16.7. The molecule has 3 aromatic rings. The minimum Gasteiger partial charge on any atom is -0.493 e. The maximum Gasteiger partial charge on any atom is 0.231 e. The Kier molecular flexibility index (Phi) is 4.24. The van der Waals surface area contributed by atoms with Gasteiger partial charge in [-0.2, -0.15) is 0 Å². The van der Waals surface area contributed by atoms with Gasteiger partial charge in [-0.1, -0.05) is 0 Å². The topological polar surface area (TPSA) is 57.2 Å². The zero-order valence-corrected chi connectivity index (χ0v) is 17.5. The number of ether oxygens (including phenoxy) is 4. The van der Waals surface area contributed by atoms with E-state index in [1.54, 1.807) is 21.1 Å². The number of carbonyl (C=O) groups is 1. The molecule has 2 aliphatic heterocycles. The first-order valence-electron chi connectivity index (χ1n) is 9.85. The van der Waals surface area contributed by atoms with Gasteiger partial charge in [0.25, 0.3) is 0 Å². The molecule has 0 bridgehead atoms. The second kappa shape index (κ2) is 6.83. The molecule has 30 heavy (non-hydrogen) atoms. The number of fused-ring (bicyclic) bond motifs is 6. The first-order chi connectivity index (χ1) is 14.5. The Hall–Kier alpha value is -3.41. The summed E-state index contributed by atoms with van der Waals surface area (Å²) >= 11 is 0. The Bertz CT molecular complexity index is 1200. The number of hydrogen-bond donors (Lipinski definition) is 0. The lowest BCUT2D eigenvalue weighted by Gasteiger charge is -2.32. The fourth-order valence-corrected chi connectivity index (χ4v) is 4.54. The van der Waals surface area contributed by atoms with Gasteiger partial charge in [-0.05, 0) is 59.3 Å². The Morgan fingerprint density at radius 2 is 1.63 bits per heavy atom. The maximum atomic E-state index is 12.0. The monoisotopic (exact) mass is 405 g/mol. The van der Waals surface area contributed by atoms with Crippen LogP contribution < -0.4 is 23.8 Å². The van der Waals surface area contributed by atoms with E-state index in [9.17, 15) is 4.79 Å². The molecular formula is C24H23NO5. The van der Waals surface area contributed by atoms with Crippen molar-refractivity contribution in [2.45, 2.75) is 19.9 Å². The number of rotatable bonds is 4. The molecule has 0 fully saturated rings. The van der Waals surface area contributed by atoms with Crippen LogP contribution in [0.15, 0.2) is 30.3 Å². The number of benzene rings is 3. The second-order valence-electron chi connectivity index (χ2n) is 7.78. The quantitative estimate of drug-likeness (QED) is 0.644. The van der Waals surface area contributed by atoms with E-state index >= 15 is 0 Å². The van der Waals surface area contributed by atoms with E-state index < -0.39 is 0 Å². The zero-order chi connectivity index (χ0) is 21.0. The van der Waals surface area contributed by atoms with E-state index in [0.29, 0.717) is 17.9 Å². The highest BCUT2D eigenvalue weighted by Gasteiger charge is 2.27. The Labute approximate surface area is 174 Å². The molecule has 0 saturated heterocycles. The van der Waals surface area contributed by atoms with E-state index in [1.165, 1.54) is 0 Å². The fraction of sp³-hybridized carbons (Fsp3) is 0.292. The van der Waals surface area contributed by atoms with Gasteiger partial charge < -0.3 is 23.8 Å². The van der Waals surface area contributed by atoms with Gasteiger partial charge in [0, 0.05) is 31.0 Å². The van der Waals surface area contributed by atoms with Crippen LogP contribution in [0.3, 0.4) is 0 Å². The largest absolute Gasteiger partial charge is 0.493 e. The van der Waals surface area contributed by atoms with Gasteiger partial charge in [-0.3, -0.25) is 4.79 Å². The van der Waals surface area contributed by atoms with E-state index in [0.717, 1.165) is 56.8 Å². The van der Waals surface area contributed by atoms with Crippen molar-refractivity contribution >= 4 is 22.2 Å². The molecule has 0 spiro atoms. The Morgan fingerprint density at radius 3 is 2.30 bits per heavy atom. The van der Waals surface area contributed by atoms with Crippen LogP contribution in [0.4, 0.5) is 5.69 Å². The number of carbonyl (C=O) groups excluding carboxylic acids is 1. The summed E-state index contributed by atoms with van der Waals surface area (Å²) in [6.07, 6.45) is 0.357. The highest BCUT2D eigenvalue weighted by molar-refractivity contribution is 6.07. The molecule has 5 rings (SSSR count). The van der Waals surface area contributed by atoms with Crippen molar-refractivity contribution in [3.63, 3.8) is 0 Å². The summed E-state index contributed by atoms with van der Waals surface area (Å²) in [6, 6.07) is 10.2. The molecule has 0 aromatic heterocycles. The molecule has 154 valence electrons. The van der Waals surface area contributed by atoms with Crippen molar-refractivity contribution in [2.24, 2.45) is 0 Å². The first-order valence-corrected chi connectivity index (χ1v) is 9.85. The predicted molar refractivity (Wildman–Crippen MR) is 115 cm³/mol. The van der Waals surface area contributed by atoms with Crippen molar-refractivity contribution < 1.29 is 23.7 Å². The molecule has 0 N–H and O–H groups in total. The molecule has 0 saturated carbocycles. The molecule has 0 aliphatic carbocycles. The van der Waals surface area contributed by atoms with Gasteiger partial charge in [-0.25, -0.2) is 0 Å². The lowest BCUT2D eigenvalue weighted by Crippen LogP contribution is -2.22. The lowest BCUT2D eigenvalue weighted by atomic mass is 9.87. The average Bonchev–Trinajstić information content (AvgIpc) is 3.18. The number of methoxy groups -OCH3 is 2. The number of Topliss-reactive ketones (excluding diaryl/α,β-unsaturated/α-hetero) is 1. The number of anilines is 1. The SMILES string of the molecule is COc1cc2c(cc1OC)-c1cc(CC(C)=O)c3cc4c(cc3c1N(C)C2)OCO4. The van der Waals surface area contributed by atoms with Gasteiger partial charge in [-0.15, -0.1) is 0 Å². The molecule has 0 radical (unpaired) electrons. The van der Waals surface area contributed by atoms with Crippen LogP contribution in [0.1, 0.15) is 18.1 Å². The van der Waals surface area contributed by atoms with Gasteiger partial charge >= 0.3 is 0 Å². The summed E-state index contributed by atoms with van der Waals surface area (Å²) in [6.45, 7) is 2.57. The molecule has 3 aromatic carbocycles. The van der Waals surface area contributed by atoms with Crippen LogP contribution in [0.5, 0.6) is 23.0 Å². The number of hydrogen-bond acceptors (Lipinski definition) is 6. The third-order valence-electron chi connectivity index (χ3n) is 5.82. The van der Waals surface area contributed by atoms with Crippen LogP contribution >= 0.6 is 0 Å². The standard InChI is InChI=1S/C24H23NO5/c1-13(26)5-14-6-18-17-8-21(28-4)20(27-3)7-15(17)11-25(2)24(18)19-10-23-22(9-16(14)19)29-12-30-23/h6-10H,5,11-12H2,1-4H3. The van der Waals surface area contributed by atoms with E-state index in [-0.39, 0.29) is 12.6 Å². The van der Waals surface area contributed by atoms with Crippen LogP contribution in [0, 0.1) is 0 Å². The fourth-order valence-electron chi connectivity index (χ4n) is 4.54. The zero-order valence-electron chi connectivity index (χ0n) is 17.5. The van der Waals surface area contributed by atoms with Crippen LogP contribution in [0.25, 0.3) is 21.9 Å². The van der Waals surface area contributed by atoms with E-state index in [2.05, 4.69) is 18.0 Å². The maximum absolute atomic E-state index is 12.0. The van der Waals surface area contributed by atoms with Gasteiger partial charge in [0.2, 0.25) is 6.79 Å². The van der Waals surface area contributed by atoms with Crippen molar-refractivity contribution in [3.8, 4) is 34.1 Å². The normalized spacial score (nSPS) is 13.8. The smallest absolute Gasteiger partial charge is 0.231 e. The summed E-state index contributed by atoms with van der Waals surface area (Å²) in [5.74, 6) is 2.96. The summed E-state index contributed by atoms with van der Waals surface area (Å²) in [7, 11) is 5.36. The highest BCUT2D eigenvalue weighted by Crippen LogP contribution is 2.49. The lowest BCUT2D eigenvalue weighted by molar-refractivity contribution is -0.116. The van der Waals surface area contributed by atoms with Gasteiger partial charge in [0.05, 0.1) is 19.9 Å². The first kappa shape index (κ1) is 18.6. The summed E-state index contributed by atoms with van der Waals surface area (Å²) in [5.41, 5.74) is 5.39. The van der Waals surface area contributed by atoms with Crippen molar-refractivity contribution in [1.29, 1.82) is 0 Å². The predicted octanol–water partition coefficient (Wildman–Crippen LogP) is 4.33. The Balaban J connectivity index is 1.84. The third-order valence-corrected chi connectivity index (χ3v) is 5.82. The Morgan fingerprint density at radius 1 is 0.967 bits per heavy atom. The van der Waals surface area contributed by atoms with Crippen LogP contribution in [-0.4, -0.2) is 33.8 Å².